The van der Waals surface area contributed by atoms with Crippen LogP contribution in [-0.2, 0) is 6.54 Å². The zero-order valence-corrected chi connectivity index (χ0v) is 13.7. The van der Waals surface area contributed by atoms with Crippen LogP contribution in [0.5, 0.6) is 0 Å². The number of rotatable bonds is 7. The quantitative estimate of drug-likeness (QED) is 0.827. The summed E-state index contributed by atoms with van der Waals surface area (Å²) in [5.74, 6) is 1.39. The van der Waals surface area contributed by atoms with Crippen LogP contribution in [0, 0.1) is 5.92 Å². The van der Waals surface area contributed by atoms with Crippen LogP contribution in [-0.4, -0.2) is 24.6 Å². The third-order valence-electron chi connectivity index (χ3n) is 4.09. The molecule has 0 spiro atoms. The van der Waals surface area contributed by atoms with E-state index in [1.165, 1.54) is 28.5 Å². The van der Waals surface area contributed by atoms with Gasteiger partial charge in [-0.25, -0.2) is 4.98 Å². The van der Waals surface area contributed by atoms with Gasteiger partial charge in [-0.3, -0.25) is 0 Å². The van der Waals surface area contributed by atoms with Crippen LogP contribution in [0.3, 0.4) is 0 Å². The maximum Gasteiger partial charge on any atom is 0.185 e. The lowest BCUT2D eigenvalue weighted by molar-refractivity contribution is 0.505. The second-order valence-electron chi connectivity index (χ2n) is 5.95. The summed E-state index contributed by atoms with van der Waals surface area (Å²) >= 11 is 1.87. The van der Waals surface area contributed by atoms with Gasteiger partial charge in [0.05, 0.1) is 5.69 Å². The van der Waals surface area contributed by atoms with E-state index in [9.17, 15) is 0 Å². The van der Waals surface area contributed by atoms with Gasteiger partial charge in [-0.05, 0) is 32.2 Å². The summed E-state index contributed by atoms with van der Waals surface area (Å²) in [7, 11) is 2.18. The first kappa shape index (κ1) is 14.8. The maximum absolute atomic E-state index is 4.93. The molecule has 108 valence electrons. The SMILES string of the molecule is CCNCc1sc(N(C)C(C)C(C)C)nc1C1CC1. The molecule has 1 N–H and O–H groups in total. The lowest BCUT2D eigenvalue weighted by atomic mass is 10.1. The summed E-state index contributed by atoms with van der Waals surface area (Å²) in [4.78, 5) is 8.72. The summed E-state index contributed by atoms with van der Waals surface area (Å²) in [5.41, 5.74) is 1.36. The summed E-state index contributed by atoms with van der Waals surface area (Å²) in [6, 6.07) is 0.533. The van der Waals surface area contributed by atoms with Gasteiger partial charge >= 0.3 is 0 Å². The highest BCUT2D eigenvalue weighted by Crippen LogP contribution is 2.44. The molecule has 0 saturated heterocycles. The minimum absolute atomic E-state index is 0.533. The Labute approximate surface area is 121 Å². The molecule has 0 aromatic carbocycles. The molecule has 19 heavy (non-hydrogen) atoms. The summed E-state index contributed by atoms with van der Waals surface area (Å²) in [5, 5.41) is 4.63. The van der Waals surface area contributed by atoms with E-state index >= 15 is 0 Å². The van der Waals surface area contributed by atoms with Crippen molar-refractivity contribution >= 4 is 16.5 Å². The van der Waals surface area contributed by atoms with E-state index in [1.807, 2.05) is 11.3 Å². The second kappa shape index (κ2) is 6.23. The summed E-state index contributed by atoms with van der Waals surface area (Å²) in [6.45, 7) is 11.0. The molecule has 1 unspecified atom stereocenters. The number of aromatic nitrogens is 1. The predicted octanol–water partition coefficient (Wildman–Crippen LogP) is 3.61. The van der Waals surface area contributed by atoms with Gasteiger partial charge in [-0.1, -0.05) is 20.8 Å². The molecule has 3 nitrogen and oxygen atoms in total. The molecule has 0 radical (unpaired) electrons. The third kappa shape index (κ3) is 3.48. The number of thiazole rings is 1. The first-order chi connectivity index (χ1) is 9.04. The molecule has 1 aromatic heterocycles. The highest BCUT2D eigenvalue weighted by Gasteiger charge is 2.30. The number of nitrogens with zero attached hydrogens (tertiary/aromatic N) is 2. The van der Waals surface area contributed by atoms with Gasteiger partial charge in [0.25, 0.3) is 0 Å². The minimum atomic E-state index is 0.533. The van der Waals surface area contributed by atoms with Crippen LogP contribution in [0.1, 0.15) is 57.0 Å². The largest absolute Gasteiger partial charge is 0.348 e. The van der Waals surface area contributed by atoms with Crippen molar-refractivity contribution in [2.75, 3.05) is 18.5 Å². The van der Waals surface area contributed by atoms with E-state index in [0.717, 1.165) is 19.0 Å². The average molecular weight is 281 g/mol. The van der Waals surface area contributed by atoms with Crippen molar-refractivity contribution in [3.05, 3.63) is 10.6 Å². The fourth-order valence-corrected chi connectivity index (χ4v) is 3.33. The monoisotopic (exact) mass is 281 g/mol. The van der Waals surface area contributed by atoms with Crippen LogP contribution in [0.4, 0.5) is 5.13 Å². The molecule has 0 bridgehead atoms. The van der Waals surface area contributed by atoms with Crippen molar-refractivity contribution in [3.63, 3.8) is 0 Å². The van der Waals surface area contributed by atoms with Gasteiger partial charge in [0.2, 0.25) is 0 Å². The van der Waals surface area contributed by atoms with E-state index in [4.69, 9.17) is 4.98 Å². The highest BCUT2D eigenvalue weighted by atomic mass is 32.1. The van der Waals surface area contributed by atoms with Crippen LogP contribution in [0.25, 0.3) is 0 Å². The van der Waals surface area contributed by atoms with Gasteiger partial charge in [0.1, 0.15) is 0 Å². The molecular weight excluding hydrogens is 254 g/mol. The fraction of sp³-hybridized carbons (Fsp3) is 0.800. The first-order valence-electron chi connectivity index (χ1n) is 7.47. The Bertz CT molecular complexity index is 410. The van der Waals surface area contributed by atoms with Crippen molar-refractivity contribution in [3.8, 4) is 0 Å². The van der Waals surface area contributed by atoms with Crippen molar-refractivity contribution in [1.29, 1.82) is 0 Å². The Morgan fingerprint density at radius 3 is 2.58 bits per heavy atom. The fourth-order valence-electron chi connectivity index (χ4n) is 2.16. The van der Waals surface area contributed by atoms with E-state index in [-0.39, 0.29) is 0 Å². The summed E-state index contributed by atoms with van der Waals surface area (Å²) < 4.78 is 0. The molecule has 4 heteroatoms. The van der Waals surface area contributed by atoms with Crippen molar-refractivity contribution in [1.82, 2.24) is 10.3 Å². The topological polar surface area (TPSA) is 28.2 Å². The van der Waals surface area contributed by atoms with E-state index in [1.54, 1.807) is 0 Å². The van der Waals surface area contributed by atoms with Gasteiger partial charge in [-0.15, -0.1) is 11.3 Å². The van der Waals surface area contributed by atoms with Gasteiger partial charge in [0, 0.05) is 30.4 Å². The number of hydrogen-bond donors (Lipinski definition) is 1. The lowest BCUT2D eigenvalue weighted by Gasteiger charge is -2.27. The third-order valence-corrected chi connectivity index (χ3v) is 5.26. The molecule has 1 heterocycles. The molecule has 1 atom stereocenters. The smallest absolute Gasteiger partial charge is 0.185 e. The minimum Gasteiger partial charge on any atom is -0.348 e. The van der Waals surface area contributed by atoms with Gasteiger partial charge in [-0.2, -0.15) is 0 Å². The van der Waals surface area contributed by atoms with E-state index in [2.05, 4.69) is 45.0 Å². The van der Waals surface area contributed by atoms with Crippen molar-refractivity contribution in [2.45, 2.75) is 59.0 Å². The average Bonchev–Trinajstić information content (AvgIpc) is 3.15. The number of anilines is 1. The molecule has 1 aliphatic carbocycles. The Hall–Kier alpha value is -0.610. The predicted molar refractivity (Wildman–Crippen MR) is 84.2 cm³/mol. The normalized spacial score (nSPS) is 16.9. The van der Waals surface area contributed by atoms with Gasteiger partial charge in [0.15, 0.2) is 5.13 Å². The van der Waals surface area contributed by atoms with Crippen LogP contribution < -0.4 is 10.2 Å². The van der Waals surface area contributed by atoms with Crippen LogP contribution in [0.15, 0.2) is 0 Å². The van der Waals surface area contributed by atoms with E-state index < -0.39 is 0 Å². The molecule has 0 amide bonds. The molecule has 1 aliphatic rings. The summed E-state index contributed by atoms with van der Waals surface area (Å²) in [6.07, 6.45) is 2.65. The molecule has 1 aromatic rings. The highest BCUT2D eigenvalue weighted by molar-refractivity contribution is 7.15. The van der Waals surface area contributed by atoms with Crippen molar-refractivity contribution < 1.29 is 0 Å². The van der Waals surface area contributed by atoms with Crippen molar-refractivity contribution in [2.24, 2.45) is 5.92 Å². The molecule has 2 rings (SSSR count). The molecular formula is C15H27N3S. The van der Waals surface area contributed by atoms with Crippen LogP contribution in [0.2, 0.25) is 0 Å². The molecule has 1 fully saturated rings. The number of nitrogens with one attached hydrogen (secondary N) is 1. The lowest BCUT2D eigenvalue weighted by Crippen LogP contribution is -2.33. The van der Waals surface area contributed by atoms with Crippen LogP contribution >= 0.6 is 11.3 Å². The van der Waals surface area contributed by atoms with Gasteiger partial charge < -0.3 is 10.2 Å². The molecule has 0 aliphatic heterocycles. The maximum atomic E-state index is 4.93. The Balaban J connectivity index is 2.16. The zero-order chi connectivity index (χ0) is 14.0. The molecule has 1 saturated carbocycles. The Morgan fingerprint density at radius 2 is 2.05 bits per heavy atom. The van der Waals surface area contributed by atoms with E-state index in [0.29, 0.717) is 12.0 Å². The first-order valence-corrected chi connectivity index (χ1v) is 8.29. The Morgan fingerprint density at radius 1 is 1.37 bits per heavy atom. The second-order valence-corrected chi connectivity index (χ2v) is 7.02. The Kier molecular flexibility index (Phi) is 4.85. The zero-order valence-electron chi connectivity index (χ0n) is 12.9. The standard InChI is InChI=1S/C15H27N3S/c1-6-16-9-13-14(12-7-8-12)17-15(19-13)18(5)11(4)10(2)3/h10-12,16H,6-9H2,1-5H3. The number of hydrogen-bond acceptors (Lipinski definition) is 4.